The van der Waals surface area contributed by atoms with Crippen LogP contribution in [0.1, 0.15) is 83.6 Å². The summed E-state index contributed by atoms with van der Waals surface area (Å²) < 4.78 is 37.3. The number of rotatable bonds is 7. The standard InChI is InChI=1S/C27H34N2O5S2/c1-26(2)23(33-27(3,4)34-26)22-16-35-25(28-22)29-24(30)21(15-17-7-5-6-8-17)18-9-11-19(12-10-18)36(31,32)20-13-14-20/h9-12,15-17,20,23H,5-8,13-14H2,1-4H3,(H,28,29,30). The molecule has 7 nitrogen and oxygen atoms in total. The van der Waals surface area contributed by atoms with Crippen LogP contribution in [0.2, 0.25) is 0 Å². The lowest BCUT2D eigenvalue weighted by Crippen LogP contribution is -2.28. The van der Waals surface area contributed by atoms with Gasteiger partial charge in [0.05, 0.1) is 21.4 Å². The van der Waals surface area contributed by atoms with E-state index >= 15 is 0 Å². The number of amides is 1. The normalized spacial score (nSPS) is 24.2. The van der Waals surface area contributed by atoms with Crippen molar-refractivity contribution in [1.82, 2.24) is 4.98 Å². The number of anilines is 1. The smallest absolute Gasteiger partial charge is 0.257 e. The molecule has 2 saturated carbocycles. The minimum absolute atomic E-state index is 0.246. The van der Waals surface area contributed by atoms with Crippen LogP contribution in [0.25, 0.3) is 5.57 Å². The second kappa shape index (κ2) is 9.35. The highest BCUT2D eigenvalue weighted by atomic mass is 32.2. The summed E-state index contributed by atoms with van der Waals surface area (Å²) in [6, 6.07) is 6.75. The summed E-state index contributed by atoms with van der Waals surface area (Å²) in [6.45, 7) is 7.70. The third kappa shape index (κ3) is 5.30. The molecular formula is C27H34N2O5S2. The van der Waals surface area contributed by atoms with E-state index in [9.17, 15) is 13.2 Å². The van der Waals surface area contributed by atoms with Gasteiger partial charge in [-0.1, -0.05) is 31.1 Å². The predicted molar refractivity (Wildman–Crippen MR) is 140 cm³/mol. The van der Waals surface area contributed by atoms with Crippen LogP contribution in [0, 0.1) is 5.92 Å². The maximum Gasteiger partial charge on any atom is 0.257 e. The number of aromatic nitrogens is 1. The molecule has 1 unspecified atom stereocenters. The van der Waals surface area contributed by atoms with Gasteiger partial charge in [0, 0.05) is 11.0 Å². The Balaban J connectivity index is 1.37. The molecule has 0 spiro atoms. The molecule has 2 aliphatic carbocycles. The maximum absolute atomic E-state index is 13.5. The van der Waals surface area contributed by atoms with Gasteiger partial charge in [0.1, 0.15) is 6.10 Å². The molecular weight excluding hydrogens is 496 g/mol. The van der Waals surface area contributed by atoms with Crippen molar-refractivity contribution in [3.8, 4) is 0 Å². The Morgan fingerprint density at radius 3 is 2.33 bits per heavy atom. The average molecular weight is 531 g/mol. The maximum atomic E-state index is 13.5. The monoisotopic (exact) mass is 530 g/mol. The first-order valence-electron chi connectivity index (χ1n) is 12.7. The van der Waals surface area contributed by atoms with Crippen molar-refractivity contribution in [2.45, 2.75) is 93.9 Å². The lowest BCUT2D eigenvalue weighted by Gasteiger charge is -2.22. The van der Waals surface area contributed by atoms with Crippen molar-refractivity contribution in [2.75, 3.05) is 5.32 Å². The number of carbonyl (C=O) groups excluding carboxylic acids is 1. The quantitative estimate of drug-likeness (QED) is 0.448. The Kier molecular flexibility index (Phi) is 6.64. The minimum atomic E-state index is -3.27. The van der Waals surface area contributed by atoms with E-state index in [1.54, 1.807) is 24.3 Å². The molecule has 36 heavy (non-hydrogen) atoms. The average Bonchev–Trinajstić information content (AvgIpc) is 3.28. The Labute approximate surface area is 217 Å². The topological polar surface area (TPSA) is 94.6 Å². The summed E-state index contributed by atoms with van der Waals surface area (Å²) in [4.78, 5) is 18.4. The molecule has 2 aromatic rings. The summed E-state index contributed by atoms with van der Waals surface area (Å²) in [5.41, 5.74) is 1.44. The van der Waals surface area contributed by atoms with Gasteiger partial charge in [-0.05, 0) is 77.0 Å². The van der Waals surface area contributed by atoms with Crippen molar-refractivity contribution in [3.05, 3.63) is 47.0 Å². The molecule has 1 aromatic carbocycles. The minimum Gasteiger partial charge on any atom is -0.341 e. The Morgan fingerprint density at radius 2 is 1.75 bits per heavy atom. The van der Waals surface area contributed by atoms with Crippen LogP contribution in [-0.4, -0.2) is 35.9 Å². The fourth-order valence-corrected chi connectivity index (χ4v) is 7.61. The first-order chi connectivity index (χ1) is 16.9. The number of sulfone groups is 1. The zero-order valence-electron chi connectivity index (χ0n) is 21.2. The fourth-order valence-electron chi connectivity index (χ4n) is 5.24. The summed E-state index contributed by atoms with van der Waals surface area (Å²) in [7, 11) is -3.27. The number of ether oxygens (including phenoxy) is 2. The van der Waals surface area contributed by atoms with Crippen LogP contribution in [0.4, 0.5) is 5.13 Å². The molecule has 3 fully saturated rings. The van der Waals surface area contributed by atoms with E-state index in [1.807, 2.05) is 39.2 Å². The molecule has 0 bridgehead atoms. The van der Waals surface area contributed by atoms with Gasteiger partial charge in [0.15, 0.2) is 20.8 Å². The molecule has 1 aliphatic heterocycles. The van der Waals surface area contributed by atoms with E-state index in [4.69, 9.17) is 9.47 Å². The van der Waals surface area contributed by atoms with E-state index in [2.05, 4.69) is 10.3 Å². The SMILES string of the molecule is CC1(C)OC(c2csc(NC(=O)C(=CC3CCCC3)c3ccc(S(=O)(=O)C4CC4)cc3)n2)C(C)(C)O1. The molecule has 3 aliphatic rings. The molecule has 1 atom stereocenters. The zero-order valence-corrected chi connectivity index (χ0v) is 22.9. The fraction of sp³-hybridized carbons (Fsp3) is 0.556. The van der Waals surface area contributed by atoms with E-state index in [1.165, 1.54) is 11.3 Å². The van der Waals surface area contributed by atoms with Crippen LogP contribution in [-0.2, 0) is 24.1 Å². The van der Waals surface area contributed by atoms with Crippen LogP contribution in [0.5, 0.6) is 0 Å². The molecule has 1 amide bonds. The molecule has 9 heteroatoms. The molecule has 1 N–H and O–H groups in total. The number of thiazole rings is 1. The second-order valence-electron chi connectivity index (χ2n) is 11.0. The van der Waals surface area contributed by atoms with Gasteiger partial charge in [-0.15, -0.1) is 11.3 Å². The highest BCUT2D eigenvalue weighted by Crippen LogP contribution is 2.45. The molecule has 2 heterocycles. The van der Waals surface area contributed by atoms with E-state index < -0.39 is 21.2 Å². The van der Waals surface area contributed by atoms with Crippen LogP contribution < -0.4 is 5.32 Å². The van der Waals surface area contributed by atoms with Crippen LogP contribution >= 0.6 is 11.3 Å². The summed E-state index contributed by atoms with van der Waals surface area (Å²) in [5, 5.41) is 5.09. The summed E-state index contributed by atoms with van der Waals surface area (Å²) >= 11 is 1.35. The third-order valence-electron chi connectivity index (χ3n) is 7.06. The van der Waals surface area contributed by atoms with Crippen molar-refractivity contribution in [2.24, 2.45) is 5.92 Å². The van der Waals surface area contributed by atoms with Crippen LogP contribution in [0.3, 0.4) is 0 Å². The van der Waals surface area contributed by atoms with Crippen LogP contribution in [0.15, 0.2) is 40.6 Å². The first kappa shape index (κ1) is 25.6. The van der Waals surface area contributed by atoms with E-state index in [0.29, 0.717) is 27.1 Å². The molecule has 194 valence electrons. The van der Waals surface area contributed by atoms with Gasteiger partial charge >= 0.3 is 0 Å². The number of hydrogen-bond donors (Lipinski definition) is 1. The Bertz CT molecular complexity index is 1270. The summed E-state index contributed by atoms with van der Waals surface area (Å²) in [6.07, 6.45) is 7.56. The zero-order chi connectivity index (χ0) is 25.7. The Morgan fingerprint density at radius 1 is 1.08 bits per heavy atom. The highest BCUT2D eigenvalue weighted by molar-refractivity contribution is 7.92. The van der Waals surface area contributed by atoms with Gasteiger partial charge in [-0.3, -0.25) is 10.1 Å². The lowest BCUT2D eigenvalue weighted by atomic mass is 9.98. The number of nitrogens with one attached hydrogen (secondary N) is 1. The third-order valence-corrected chi connectivity index (χ3v) is 10.1. The Hall–Kier alpha value is -2.07. The van der Waals surface area contributed by atoms with Gasteiger partial charge in [0.25, 0.3) is 5.91 Å². The van der Waals surface area contributed by atoms with Gasteiger partial charge < -0.3 is 9.47 Å². The number of carbonyl (C=O) groups is 1. The molecule has 5 rings (SSSR count). The van der Waals surface area contributed by atoms with Gasteiger partial charge in [-0.2, -0.15) is 0 Å². The van der Waals surface area contributed by atoms with E-state index in [-0.39, 0.29) is 17.3 Å². The lowest BCUT2D eigenvalue weighted by molar-refractivity contribution is -0.157. The molecule has 1 aromatic heterocycles. The second-order valence-corrected chi connectivity index (χ2v) is 14.1. The molecule has 0 radical (unpaired) electrons. The van der Waals surface area contributed by atoms with Crippen molar-refractivity contribution < 1.29 is 22.7 Å². The number of hydrogen-bond acceptors (Lipinski definition) is 7. The van der Waals surface area contributed by atoms with Gasteiger partial charge in [0.2, 0.25) is 0 Å². The first-order valence-corrected chi connectivity index (χ1v) is 15.1. The van der Waals surface area contributed by atoms with Crippen molar-refractivity contribution in [1.29, 1.82) is 0 Å². The number of nitrogens with zero attached hydrogens (tertiary/aromatic N) is 1. The molecule has 1 saturated heterocycles. The largest absolute Gasteiger partial charge is 0.341 e. The van der Waals surface area contributed by atoms with Crippen molar-refractivity contribution >= 4 is 37.8 Å². The number of benzene rings is 1. The predicted octanol–water partition coefficient (Wildman–Crippen LogP) is 5.89. The number of allylic oxidation sites excluding steroid dienone is 1. The highest BCUT2D eigenvalue weighted by Gasteiger charge is 2.48. The van der Waals surface area contributed by atoms with Crippen molar-refractivity contribution in [3.63, 3.8) is 0 Å². The summed E-state index contributed by atoms with van der Waals surface area (Å²) in [5.74, 6) is -0.624. The van der Waals surface area contributed by atoms with E-state index in [0.717, 1.165) is 44.2 Å². The van der Waals surface area contributed by atoms with Gasteiger partial charge in [-0.25, -0.2) is 13.4 Å².